The largest absolute Gasteiger partial charge is 0.479 e. The summed E-state index contributed by atoms with van der Waals surface area (Å²) in [5, 5.41) is 12.5. The van der Waals surface area contributed by atoms with Crippen molar-refractivity contribution in [1.82, 2.24) is 41.2 Å². The number of nitrogens with zero attached hydrogens (tertiary/aromatic N) is 2. The Morgan fingerprint density at radius 3 is 0.678 bits per heavy atom. The van der Waals surface area contributed by atoms with Gasteiger partial charge in [0.15, 0.2) is 48.4 Å². The van der Waals surface area contributed by atoms with Crippen molar-refractivity contribution in [2.45, 2.75) is 465 Å². The van der Waals surface area contributed by atoms with Crippen LogP contribution >= 0.6 is 0 Å². The van der Waals surface area contributed by atoms with E-state index in [0.29, 0.717) is 88.3 Å². The second-order valence-electron chi connectivity index (χ2n) is 34.9. The maximum Gasteiger partial charge on any atom is 0.260 e. The monoisotopic (exact) mass is 1640 g/mol. The zero-order valence-corrected chi connectivity index (χ0v) is 76.4. The van der Waals surface area contributed by atoms with Crippen molar-refractivity contribution in [3.63, 3.8) is 0 Å². The lowest BCUT2D eigenvalue weighted by atomic mass is 10.0. The molecule has 0 radical (unpaired) electrons. The normalized spacial score (nSPS) is 12.3. The Morgan fingerprint density at radius 1 is 0.263 bits per heavy atom. The molecular formula is C102H174N8O8. The van der Waals surface area contributed by atoms with E-state index < -0.39 is 12.2 Å². The molecule has 670 valence electrons. The van der Waals surface area contributed by atoms with Crippen LogP contribution < -0.4 is 40.2 Å². The molecule has 0 aliphatic carbocycles. The van der Waals surface area contributed by atoms with Crippen LogP contribution in [-0.4, -0.2) is 95.2 Å². The van der Waals surface area contributed by atoms with E-state index in [1.807, 2.05) is 48.6 Å². The summed E-state index contributed by atoms with van der Waals surface area (Å²) in [6, 6.07) is 7.45. The maximum atomic E-state index is 14.1. The molecule has 4 amide bonds. The second-order valence-corrected chi connectivity index (χ2v) is 34.9. The average molecular weight is 1640 g/mol. The van der Waals surface area contributed by atoms with Crippen LogP contribution in [-0.2, 0) is 19.2 Å². The first-order chi connectivity index (χ1) is 58.1. The number of carbonyl (C=O) groups is 4. The van der Waals surface area contributed by atoms with Gasteiger partial charge in [-0.25, -0.2) is 9.97 Å². The van der Waals surface area contributed by atoms with Gasteiger partial charge in [-0.1, -0.05) is 413 Å². The number of aromatic amines is 2. The number of aromatic nitrogens is 4. The predicted octanol–water partition coefficient (Wildman–Crippen LogP) is 28.5. The zero-order valence-electron chi connectivity index (χ0n) is 76.4. The quantitative estimate of drug-likeness (QED) is 0.0203. The SMILES string of the molecule is CCCCCCCCCCCCCCCCCCNC(=O)COc1c2nc(c(O[C@@H](C)C(=O)NCCCCCCCCCCCCCCCCCC)c3nc(c(OCC(=O)NCCCCCCCCCCCCCCCCCC)c4ccc([nH]4)c(O[C@@H](C)C(=O)NCCCCCCCCCCCCCCCCCC)c4ccc1[nH]4)C=C3)C=C2. The van der Waals surface area contributed by atoms with Gasteiger partial charge in [-0.15, -0.1) is 0 Å². The Bertz CT molecular complexity index is 3130. The molecule has 5 rings (SSSR count). The van der Waals surface area contributed by atoms with Gasteiger partial charge >= 0.3 is 0 Å². The molecule has 0 spiro atoms. The van der Waals surface area contributed by atoms with Crippen LogP contribution in [0.5, 0.6) is 23.0 Å². The number of carbonyl (C=O) groups excluding carboxylic acids is 4. The fourth-order valence-electron chi connectivity index (χ4n) is 16.4. The molecule has 118 heavy (non-hydrogen) atoms. The van der Waals surface area contributed by atoms with Gasteiger partial charge in [-0.3, -0.25) is 19.2 Å². The number of fused-ring (bicyclic) bond motifs is 8. The third-order valence-electron chi connectivity index (χ3n) is 23.9. The number of H-pyrrole nitrogens is 2. The highest BCUT2D eigenvalue weighted by Crippen LogP contribution is 2.37. The van der Waals surface area contributed by atoms with Crippen molar-refractivity contribution in [3.05, 3.63) is 47.0 Å². The molecule has 16 nitrogen and oxygen atoms in total. The lowest BCUT2D eigenvalue weighted by molar-refractivity contribution is -0.127. The Hall–Kier alpha value is -6.32. The molecule has 6 N–H and O–H groups in total. The molecule has 16 heteroatoms. The smallest absolute Gasteiger partial charge is 0.260 e. The molecule has 8 bridgehead atoms. The summed E-state index contributed by atoms with van der Waals surface area (Å²) in [5.41, 5.74) is 3.64. The van der Waals surface area contributed by atoms with Crippen molar-refractivity contribution in [2.24, 2.45) is 0 Å². The number of amides is 4. The summed E-state index contributed by atoms with van der Waals surface area (Å²) in [5.74, 6) is 0.214. The lowest BCUT2D eigenvalue weighted by Crippen LogP contribution is -2.37. The van der Waals surface area contributed by atoms with E-state index in [4.69, 9.17) is 28.9 Å². The molecule has 5 heterocycles. The summed E-state index contributed by atoms with van der Waals surface area (Å²) >= 11 is 0. The second kappa shape index (κ2) is 70.2. The van der Waals surface area contributed by atoms with E-state index in [0.717, 1.165) is 77.0 Å². The number of hydrogen-bond acceptors (Lipinski definition) is 10. The highest BCUT2D eigenvalue weighted by Gasteiger charge is 2.25. The van der Waals surface area contributed by atoms with E-state index in [9.17, 15) is 19.2 Å². The molecule has 0 unspecified atom stereocenters. The number of rotatable bonds is 80. The van der Waals surface area contributed by atoms with Crippen LogP contribution in [0, 0.1) is 0 Å². The molecule has 3 aromatic rings. The third kappa shape index (κ3) is 48.4. The Morgan fingerprint density at radius 2 is 0.449 bits per heavy atom. The van der Waals surface area contributed by atoms with Gasteiger partial charge in [-0.2, -0.15) is 0 Å². The molecule has 0 fully saturated rings. The van der Waals surface area contributed by atoms with Gasteiger partial charge in [0.1, 0.15) is 22.8 Å². The predicted molar refractivity (Wildman–Crippen MR) is 500 cm³/mol. The van der Waals surface area contributed by atoms with Gasteiger partial charge < -0.3 is 50.2 Å². The van der Waals surface area contributed by atoms with Crippen LogP contribution in [0.25, 0.3) is 46.4 Å². The summed E-state index contributed by atoms with van der Waals surface area (Å²) in [6.45, 7) is 14.3. The summed E-state index contributed by atoms with van der Waals surface area (Å²) < 4.78 is 26.7. The molecule has 2 aliphatic heterocycles. The highest BCUT2D eigenvalue weighted by atomic mass is 16.5. The van der Waals surface area contributed by atoms with Crippen LogP contribution in [0.1, 0.15) is 475 Å². The number of ether oxygens (including phenoxy) is 4. The van der Waals surface area contributed by atoms with Gasteiger partial charge in [0.25, 0.3) is 23.6 Å². The molecule has 0 saturated heterocycles. The van der Waals surface area contributed by atoms with Crippen LogP contribution in [0.4, 0.5) is 0 Å². The topological polar surface area (TPSA) is 211 Å². The number of unbranched alkanes of at least 4 members (excludes halogenated alkanes) is 60. The van der Waals surface area contributed by atoms with E-state index in [-0.39, 0.29) is 42.6 Å². The van der Waals surface area contributed by atoms with Crippen LogP contribution in [0.15, 0.2) is 24.3 Å². The van der Waals surface area contributed by atoms with Crippen molar-refractivity contribution < 1.29 is 38.1 Å². The van der Waals surface area contributed by atoms with Crippen molar-refractivity contribution >= 4 is 70.0 Å². The molecule has 0 aromatic carbocycles. The molecule has 2 atom stereocenters. The first kappa shape index (κ1) is 102. The molecular weight excluding hydrogens is 1470 g/mol. The zero-order chi connectivity index (χ0) is 84.0. The Labute approximate surface area is 719 Å². The Kier molecular flexibility index (Phi) is 60.9. The number of hydrogen-bond donors (Lipinski definition) is 6. The molecule has 2 aliphatic rings. The third-order valence-corrected chi connectivity index (χ3v) is 23.9. The summed E-state index contributed by atoms with van der Waals surface area (Å²) in [4.78, 5) is 73.2. The minimum atomic E-state index is -0.938. The Balaban J connectivity index is 1.33. The van der Waals surface area contributed by atoms with E-state index in [1.54, 1.807) is 13.8 Å². The van der Waals surface area contributed by atoms with Gasteiger partial charge in [0.05, 0.1) is 22.1 Å². The molecule has 0 saturated carbocycles. The lowest BCUT2D eigenvalue weighted by Gasteiger charge is -2.16. The van der Waals surface area contributed by atoms with Crippen molar-refractivity contribution in [2.75, 3.05) is 39.4 Å². The fraction of sp³-hybridized carbons (Fsp3) is 0.765. The van der Waals surface area contributed by atoms with Gasteiger partial charge in [0, 0.05) is 26.2 Å². The van der Waals surface area contributed by atoms with Gasteiger partial charge in [-0.05, 0) is 88.1 Å². The fourth-order valence-corrected chi connectivity index (χ4v) is 16.4. The first-order valence-electron chi connectivity index (χ1n) is 49.9. The number of nitrogens with one attached hydrogen (secondary N) is 6. The maximum absolute atomic E-state index is 14.1. The van der Waals surface area contributed by atoms with Crippen LogP contribution in [0.2, 0.25) is 0 Å². The van der Waals surface area contributed by atoms with Crippen LogP contribution in [0.3, 0.4) is 0 Å². The first-order valence-corrected chi connectivity index (χ1v) is 49.9. The van der Waals surface area contributed by atoms with Gasteiger partial charge in [0.2, 0.25) is 0 Å². The van der Waals surface area contributed by atoms with Crippen molar-refractivity contribution in [3.8, 4) is 23.0 Å². The van der Waals surface area contributed by atoms with Crippen molar-refractivity contribution in [1.29, 1.82) is 0 Å². The summed E-state index contributed by atoms with van der Waals surface area (Å²) in [6.07, 6.45) is 87.3. The van der Waals surface area contributed by atoms with E-state index in [1.165, 1.54) is 334 Å². The minimum absolute atomic E-state index is 0.236. The standard InChI is InChI=1S/C102H174N8O8/c1-7-11-15-19-23-27-31-35-39-43-47-51-55-59-63-67-79-103-95(111)83-115-97-87-71-75-91(107-87)99(117-85(5)101(113)105-81-69-65-61-57-53-49-45-41-37-33-29-25-21-17-13-9-3)93-77-73-89(109-93)98(116-84-96(112)104-80-68-64-60-56-52-48-44-40-36-32-28-24-20-16-12-8-2)90-74-78-94(110-90)100(92-76-72-88(97)108-92)118-86(6)102(114)106-82-70-66-62-58-54-50-46-42-38-34-30-26-22-18-14-10-4/h71-78,85-86,107,109H,7-70,79-84H2,1-6H3,(H,103,111)(H,104,112)(H,105,113)(H,106,114)/t85-,86-/m0/s1. The highest BCUT2D eigenvalue weighted by molar-refractivity contribution is 5.89. The average Bonchev–Trinajstić information content (AvgIpc) is 1.63. The summed E-state index contributed by atoms with van der Waals surface area (Å²) in [7, 11) is 0. The van der Waals surface area contributed by atoms with E-state index in [2.05, 4.69) is 58.9 Å². The molecule has 3 aromatic heterocycles. The van der Waals surface area contributed by atoms with E-state index >= 15 is 0 Å². The minimum Gasteiger partial charge on any atom is -0.479 e.